The van der Waals surface area contributed by atoms with Gasteiger partial charge in [0.1, 0.15) is 17.2 Å². The fourth-order valence-corrected chi connectivity index (χ4v) is 1.30. The lowest BCUT2D eigenvalue weighted by Crippen LogP contribution is -1.66. The SMILES string of the molecule is C=CC[SiH2]P=O. The molecule has 1 nitrogen and oxygen atoms in total. The zero-order valence-corrected chi connectivity index (χ0v) is 5.86. The third-order valence-corrected chi connectivity index (χ3v) is 2.60. The minimum absolute atomic E-state index is 0.280. The Morgan fingerprint density at radius 1 is 2.00 bits per heavy atom. The molecular formula is C3H7OPSi. The van der Waals surface area contributed by atoms with Crippen LogP contribution in [0.4, 0.5) is 0 Å². The molecular weight excluding hydrogens is 111 g/mol. The first-order valence-electron chi connectivity index (χ1n) is 1.82. The Hall–Kier alpha value is 0.0569. The highest BCUT2D eigenvalue weighted by molar-refractivity contribution is 7.60. The summed E-state index contributed by atoms with van der Waals surface area (Å²) in [7, 11) is 0.0833. The van der Waals surface area contributed by atoms with Crippen molar-refractivity contribution >= 4 is 17.2 Å². The summed E-state index contributed by atoms with van der Waals surface area (Å²) in [5.41, 5.74) is 0. The molecule has 0 amide bonds. The van der Waals surface area contributed by atoms with Crippen LogP contribution in [0.15, 0.2) is 12.7 Å². The van der Waals surface area contributed by atoms with Crippen molar-refractivity contribution in [2.24, 2.45) is 0 Å². The van der Waals surface area contributed by atoms with Crippen molar-refractivity contribution in [2.75, 3.05) is 0 Å². The quantitative estimate of drug-likeness (QED) is 0.233. The van der Waals surface area contributed by atoms with E-state index in [-0.39, 0.29) is 9.19 Å². The first-order chi connectivity index (χ1) is 2.91. The summed E-state index contributed by atoms with van der Waals surface area (Å²) in [4.78, 5) is 0. The second-order valence-electron chi connectivity index (χ2n) is 0.930. The first kappa shape index (κ1) is 6.06. The summed E-state index contributed by atoms with van der Waals surface area (Å²) in [5, 5.41) is 0. The molecule has 0 aromatic heterocycles. The van der Waals surface area contributed by atoms with Crippen LogP contribution < -0.4 is 0 Å². The molecule has 0 N–H and O–H groups in total. The molecule has 0 atom stereocenters. The first-order valence-corrected chi connectivity index (χ1v) is 5.71. The average Bonchev–Trinajstić information content (AvgIpc) is 1.61. The van der Waals surface area contributed by atoms with Crippen LogP contribution in [0.2, 0.25) is 6.04 Å². The van der Waals surface area contributed by atoms with Crippen LogP contribution in [0, 0.1) is 0 Å². The molecule has 3 heteroatoms. The Morgan fingerprint density at radius 3 is 2.83 bits per heavy atom. The highest BCUT2D eigenvalue weighted by Gasteiger charge is 1.74. The van der Waals surface area contributed by atoms with Crippen molar-refractivity contribution in [2.45, 2.75) is 6.04 Å². The van der Waals surface area contributed by atoms with E-state index in [2.05, 4.69) is 6.58 Å². The zero-order valence-electron chi connectivity index (χ0n) is 3.55. The summed E-state index contributed by atoms with van der Waals surface area (Å²) in [6.07, 6.45) is 1.82. The van der Waals surface area contributed by atoms with Crippen molar-refractivity contribution < 1.29 is 4.57 Å². The van der Waals surface area contributed by atoms with Gasteiger partial charge < -0.3 is 0 Å². The Morgan fingerprint density at radius 2 is 2.67 bits per heavy atom. The van der Waals surface area contributed by atoms with Crippen LogP contribution in [0.1, 0.15) is 0 Å². The van der Waals surface area contributed by atoms with E-state index in [1.807, 2.05) is 6.08 Å². The van der Waals surface area contributed by atoms with Crippen molar-refractivity contribution in [1.82, 2.24) is 0 Å². The molecule has 0 fully saturated rings. The van der Waals surface area contributed by atoms with Gasteiger partial charge in [-0.15, -0.1) is 6.58 Å². The standard InChI is InChI=1S/C3H7OPSi/c1-2-3-6-5-4/h2H,1,3,6H2. The van der Waals surface area contributed by atoms with E-state index in [9.17, 15) is 4.57 Å². The van der Waals surface area contributed by atoms with E-state index in [0.29, 0.717) is 8.01 Å². The van der Waals surface area contributed by atoms with Crippen LogP contribution in [0.3, 0.4) is 0 Å². The smallest absolute Gasteiger partial charge is 0.136 e. The Labute approximate surface area is 41.3 Å². The van der Waals surface area contributed by atoms with E-state index in [0.717, 1.165) is 6.04 Å². The van der Waals surface area contributed by atoms with Gasteiger partial charge in [0.2, 0.25) is 0 Å². The molecule has 0 saturated heterocycles. The van der Waals surface area contributed by atoms with Gasteiger partial charge in [0.25, 0.3) is 0 Å². The van der Waals surface area contributed by atoms with Crippen LogP contribution in [-0.2, 0) is 4.57 Å². The molecule has 34 valence electrons. The van der Waals surface area contributed by atoms with E-state index in [1.165, 1.54) is 0 Å². The fourth-order valence-electron chi connectivity index (χ4n) is 0.144. The number of rotatable bonds is 3. The van der Waals surface area contributed by atoms with Crippen molar-refractivity contribution in [3.63, 3.8) is 0 Å². The van der Waals surface area contributed by atoms with Crippen molar-refractivity contribution in [1.29, 1.82) is 0 Å². The van der Waals surface area contributed by atoms with E-state index in [4.69, 9.17) is 0 Å². The normalized spacial score (nSPS) is 10.7. The van der Waals surface area contributed by atoms with Gasteiger partial charge in [0.15, 0.2) is 0 Å². The number of hydrogen-bond donors (Lipinski definition) is 0. The van der Waals surface area contributed by atoms with E-state index >= 15 is 0 Å². The van der Waals surface area contributed by atoms with Crippen LogP contribution in [-0.4, -0.2) is 9.19 Å². The van der Waals surface area contributed by atoms with Crippen LogP contribution >= 0.6 is 8.01 Å². The Kier molecular flexibility index (Phi) is 5.10. The molecule has 0 aromatic carbocycles. The second-order valence-corrected chi connectivity index (χ2v) is 4.33. The average molecular weight is 118 g/mol. The maximum atomic E-state index is 9.67. The monoisotopic (exact) mass is 118 g/mol. The van der Waals surface area contributed by atoms with Gasteiger partial charge in [0.05, 0.1) is 0 Å². The zero-order chi connectivity index (χ0) is 4.83. The molecule has 0 aliphatic heterocycles. The van der Waals surface area contributed by atoms with Gasteiger partial charge in [-0.3, -0.25) is 4.57 Å². The summed E-state index contributed by atoms with van der Waals surface area (Å²) >= 11 is 0. The minimum Gasteiger partial charge on any atom is -0.283 e. The summed E-state index contributed by atoms with van der Waals surface area (Å²) in [6.45, 7) is 3.49. The van der Waals surface area contributed by atoms with Gasteiger partial charge in [-0.05, 0) is 6.04 Å². The molecule has 6 heavy (non-hydrogen) atoms. The summed E-state index contributed by atoms with van der Waals surface area (Å²) < 4.78 is 9.67. The molecule has 0 aliphatic rings. The van der Waals surface area contributed by atoms with Gasteiger partial charge in [0, 0.05) is 0 Å². The van der Waals surface area contributed by atoms with Gasteiger partial charge in [-0.2, -0.15) is 0 Å². The topological polar surface area (TPSA) is 17.1 Å². The molecule has 0 radical (unpaired) electrons. The molecule has 0 rings (SSSR count). The van der Waals surface area contributed by atoms with Crippen LogP contribution in [0.25, 0.3) is 0 Å². The predicted octanol–water partition coefficient (Wildman–Crippen LogP) is 0.966. The molecule has 0 bridgehead atoms. The third-order valence-electron chi connectivity index (χ3n) is 0.425. The van der Waals surface area contributed by atoms with Gasteiger partial charge in [-0.25, -0.2) is 0 Å². The summed E-state index contributed by atoms with van der Waals surface area (Å²) in [6, 6.07) is 0.991. The second kappa shape index (κ2) is 5.06. The van der Waals surface area contributed by atoms with E-state index < -0.39 is 0 Å². The van der Waals surface area contributed by atoms with Crippen molar-refractivity contribution in [3.8, 4) is 0 Å². The predicted molar refractivity (Wildman–Crippen MR) is 31.2 cm³/mol. The maximum absolute atomic E-state index is 9.67. The molecule has 0 spiro atoms. The largest absolute Gasteiger partial charge is 0.283 e. The molecule has 0 aliphatic carbocycles. The lowest BCUT2D eigenvalue weighted by Gasteiger charge is -1.69. The number of allylic oxidation sites excluding steroid dienone is 1. The van der Waals surface area contributed by atoms with Gasteiger partial charge >= 0.3 is 0 Å². The third kappa shape index (κ3) is 4.06. The minimum atomic E-state index is -0.280. The Bertz CT molecular complexity index is 46.8. The molecule has 0 heterocycles. The molecule has 0 saturated carbocycles. The lowest BCUT2D eigenvalue weighted by molar-refractivity contribution is 0.605. The summed E-state index contributed by atoms with van der Waals surface area (Å²) in [5.74, 6) is 0. The van der Waals surface area contributed by atoms with Crippen LogP contribution in [0.5, 0.6) is 0 Å². The Balaban J connectivity index is 2.66. The lowest BCUT2D eigenvalue weighted by atomic mass is 10.8. The fraction of sp³-hybridized carbons (Fsp3) is 0.333. The van der Waals surface area contributed by atoms with Crippen molar-refractivity contribution in [3.05, 3.63) is 12.7 Å². The number of hydrogen-bond acceptors (Lipinski definition) is 1. The highest BCUT2D eigenvalue weighted by Crippen LogP contribution is 1.90. The molecule has 0 aromatic rings. The van der Waals surface area contributed by atoms with E-state index in [1.54, 1.807) is 0 Å². The highest BCUT2D eigenvalue weighted by atomic mass is 31.3. The molecule has 0 unspecified atom stereocenters. The van der Waals surface area contributed by atoms with Gasteiger partial charge in [-0.1, -0.05) is 6.08 Å². The maximum Gasteiger partial charge on any atom is 0.136 e.